The lowest BCUT2D eigenvalue weighted by molar-refractivity contribution is 0.408. The molecule has 4 heteroatoms. The van der Waals surface area contributed by atoms with Gasteiger partial charge in [-0.05, 0) is 23.8 Å². The number of nitrogens with two attached hydrogens (primary N) is 1. The Morgan fingerprint density at radius 2 is 2.00 bits per heavy atom. The van der Waals surface area contributed by atoms with Crippen LogP contribution in [0.25, 0.3) is 10.8 Å². The maximum atomic E-state index is 6.05. The van der Waals surface area contributed by atoms with Crippen molar-refractivity contribution in [2.45, 2.75) is 13.5 Å². The molecule has 102 valence electrons. The number of aryl methyl sites for hydroxylation is 1. The molecule has 0 saturated heterocycles. The average molecular weight is 267 g/mol. The number of benzene rings is 2. The fourth-order valence-electron chi connectivity index (χ4n) is 2.43. The van der Waals surface area contributed by atoms with Crippen LogP contribution in [0.4, 0.5) is 5.82 Å². The zero-order valence-electron chi connectivity index (χ0n) is 11.6. The Kier molecular flexibility index (Phi) is 3.06. The Bertz CT molecular complexity index is 762. The fraction of sp³-hybridized carbons (Fsp3) is 0.188. The van der Waals surface area contributed by atoms with Crippen molar-refractivity contribution in [2.24, 2.45) is 0 Å². The molecule has 2 aromatic carbocycles. The van der Waals surface area contributed by atoms with E-state index in [4.69, 9.17) is 10.5 Å². The summed E-state index contributed by atoms with van der Waals surface area (Å²) in [6.45, 7) is 2.56. The number of nitrogens with zero attached hydrogens (tertiary/aromatic N) is 2. The summed E-state index contributed by atoms with van der Waals surface area (Å²) in [5.41, 5.74) is 8.13. The van der Waals surface area contributed by atoms with Crippen LogP contribution >= 0.6 is 0 Å². The molecule has 4 nitrogen and oxygen atoms in total. The normalized spacial score (nSPS) is 10.9. The van der Waals surface area contributed by atoms with Crippen LogP contribution in [0.2, 0.25) is 0 Å². The standard InChI is InChI=1S/C16H17N3O/c1-11-9-18-19(16(11)17)10-14-13-6-4-3-5-12(13)7-8-15(14)20-2/h3-9H,10,17H2,1-2H3. The summed E-state index contributed by atoms with van der Waals surface area (Å²) in [5, 5.41) is 6.68. The Labute approximate surface area is 117 Å². The average Bonchev–Trinajstić information content (AvgIpc) is 2.79. The van der Waals surface area contributed by atoms with Crippen LogP contribution in [0.5, 0.6) is 5.75 Å². The summed E-state index contributed by atoms with van der Waals surface area (Å²) in [6.07, 6.45) is 1.78. The maximum Gasteiger partial charge on any atom is 0.124 e. The van der Waals surface area contributed by atoms with E-state index in [2.05, 4.69) is 23.3 Å². The molecule has 0 atom stereocenters. The molecule has 1 heterocycles. The molecule has 0 saturated carbocycles. The van der Waals surface area contributed by atoms with Crippen LogP contribution in [0.1, 0.15) is 11.1 Å². The van der Waals surface area contributed by atoms with Gasteiger partial charge >= 0.3 is 0 Å². The zero-order valence-corrected chi connectivity index (χ0v) is 11.6. The fourth-order valence-corrected chi connectivity index (χ4v) is 2.43. The molecular formula is C16H17N3O. The minimum atomic E-state index is 0.601. The van der Waals surface area contributed by atoms with Gasteiger partial charge in [0.15, 0.2) is 0 Å². The predicted octanol–water partition coefficient (Wildman–Crippen LogP) is 2.98. The van der Waals surface area contributed by atoms with Gasteiger partial charge in [-0.2, -0.15) is 5.10 Å². The largest absolute Gasteiger partial charge is 0.496 e. The van der Waals surface area contributed by atoms with Crippen LogP contribution < -0.4 is 10.5 Å². The second-order valence-corrected chi connectivity index (χ2v) is 4.84. The number of hydrogen-bond donors (Lipinski definition) is 1. The number of aromatic nitrogens is 2. The summed E-state index contributed by atoms with van der Waals surface area (Å²) in [6, 6.07) is 12.3. The first-order chi connectivity index (χ1) is 9.70. The molecule has 0 fully saturated rings. The Hall–Kier alpha value is -2.49. The first-order valence-electron chi connectivity index (χ1n) is 6.53. The van der Waals surface area contributed by atoms with Crippen molar-refractivity contribution in [3.05, 3.63) is 53.7 Å². The quantitative estimate of drug-likeness (QED) is 0.793. The van der Waals surface area contributed by atoms with E-state index in [-0.39, 0.29) is 0 Å². The van der Waals surface area contributed by atoms with E-state index in [1.165, 1.54) is 10.8 Å². The number of fused-ring (bicyclic) bond motifs is 1. The number of methoxy groups -OCH3 is 1. The summed E-state index contributed by atoms with van der Waals surface area (Å²) >= 11 is 0. The zero-order chi connectivity index (χ0) is 14.1. The van der Waals surface area contributed by atoms with E-state index >= 15 is 0 Å². The first-order valence-corrected chi connectivity index (χ1v) is 6.53. The molecule has 1 aromatic heterocycles. The molecule has 20 heavy (non-hydrogen) atoms. The number of rotatable bonds is 3. The Morgan fingerprint density at radius 1 is 1.20 bits per heavy atom. The number of hydrogen-bond acceptors (Lipinski definition) is 3. The molecule has 2 N–H and O–H groups in total. The van der Waals surface area contributed by atoms with Gasteiger partial charge in [0.05, 0.1) is 19.9 Å². The number of ether oxygens (including phenoxy) is 1. The van der Waals surface area contributed by atoms with Crippen LogP contribution in [0.15, 0.2) is 42.6 Å². The highest BCUT2D eigenvalue weighted by atomic mass is 16.5. The van der Waals surface area contributed by atoms with E-state index < -0.39 is 0 Å². The molecular weight excluding hydrogens is 250 g/mol. The minimum absolute atomic E-state index is 0.601. The van der Waals surface area contributed by atoms with Gasteiger partial charge in [0.2, 0.25) is 0 Å². The molecule has 3 aromatic rings. The predicted molar refractivity (Wildman–Crippen MR) is 81.0 cm³/mol. The van der Waals surface area contributed by atoms with Crippen molar-refractivity contribution >= 4 is 16.6 Å². The van der Waals surface area contributed by atoms with E-state index in [0.29, 0.717) is 12.4 Å². The van der Waals surface area contributed by atoms with Crippen molar-refractivity contribution in [1.82, 2.24) is 9.78 Å². The van der Waals surface area contributed by atoms with Crippen molar-refractivity contribution in [2.75, 3.05) is 12.8 Å². The van der Waals surface area contributed by atoms with Gasteiger partial charge < -0.3 is 10.5 Å². The summed E-state index contributed by atoms with van der Waals surface area (Å²) in [4.78, 5) is 0. The number of anilines is 1. The second-order valence-electron chi connectivity index (χ2n) is 4.84. The van der Waals surface area contributed by atoms with Gasteiger partial charge in [-0.15, -0.1) is 0 Å². The molecule has 0 amide bonds. The third-order valence-electron chi connectivity index (χ3n) is 3.60. The third kappa shape index (κ3) is 1.99. The summed E-state index contributed by atoms with van der Waals surface area (Å²) < 4.78 is 7.30. The van der Waals surface area contributed by atoms with E-state index in [0.717, 1.165) is 16.9 Å². The van der Waals surface area contributed by atoms with E-state index in [9.17, 15) is 0 Å². The minimum Gasteiger partial charge on any atom is -0.496 e. The molecule has 0 aliphatic carbocycles. The number of nitrogen functional groups attached to an aromatic ring is 1. The monoisotopic (exact) mass is 267 g/mol. The van der Waals surface area contributed by atoms with Crippen molar-refractivity contribution in [3.63, 3.8) is 0 Å². The van der Waals surface area contributed by atoms with Crippen LogP contribution in [0.3, 0.4) is 0 Å². The van der Waals surface area contributed by atoms with Crippen molar-refractivity contribution in [1.29, 1.82) is 0 Å². The highest BCUT2D eigenvalue weighted by molar-refractivity contribution is 5.87. The Morgan fingerprint density at radius 3 is 2.70 bits per heavy atom. The van der Waals surface area contributed by atoms with Gasteiger partial charge in [-0.3, -0.25) is 0 Å². The van der Waals surface area contributed by atoms with Crippen LogP contribution in [-0.2, 0) is 6.54 Å². The molecule has 0 aliphatic heterocycles. The van der Waals surface area contributed by atoms with Gasteiger partial charge in [0, 0.05) is 11.1 Å². The maximum absolute atomic E-state index is 6.05. The van der Waals surface area contributed by atoms with Crippen molar-refractivity contribution < 1.29 is 4.74 Å². The van der Waals surface area contributed by atoms with Crippen molar-refractivity contribution in [3.8, 4) is 5.75 Å². The van der Waals surface area contributed by atoms with Gasteiger partial charge in [0.25, 0.3) is 0 Å². The molecule has 0 unspecified atom stereocenters. The topological polar surface area (TPSA) is 53.1 Å². The SMILES string of the molecule is COc1ccc2ccccc2c1Cn1ncc(C)c1N. The smallest absolute Gasteiger partial charge is 0.124 e. The molecule has 0 aliphatic rings. The van der Waals surface area contributed by atoms with Gasteiger partial charge in [-0.25, -0.2) is 4.68 Å². The lowest BCUT2D eigenvalue weighted by Gasteiger charge is -2.13. The molecule has 0 bridgehead atoms. The summed E-state index contributed by atoms with van der Waals surface area (Å²) in [5.74, 6) is 1.55. The lowest BCUT2D eigenvalue weighted by Crippen LogP contribution is -2.08. The first kappa shape index (κ1) is 12.5. The Balaban J connectivity index is 2.16. The van der Waals surface area contributed by atoms with E-state index in [1.54, 1.807) is 18.0 Å². The van der Waals surface area contributed by atoms with Crippen LogP contribution in [0, 0.1) is 6.92 Å². The lowest BCUT2D eigenvalue weighted by atomic mass is 10.0. The molecule has 3 rings (SSSR count). The summed E-state index contributed by atoms with van der Waals surface area (Å²) in [7, 11) is 1.69. The molecule has 0 spiro atoms. The third-order valence-corrected chi connectivity index (χ3v) is 3.60. The van der Waals surface area contributed by atoms with E-state index in [1.807, 2.05) is 25.1 Å². The molecule has 0 radical (unpaired) electrons. The van der Waals surface area contributed by atoms with Crippen LogP contribution in [-0.4, -0.2) is 16.9 Å². The highest BCUT2D eigenvalue weighted by Crippen LogP contribution is 2.29. The van der Waals surface area contributed by atoms with Gasteiger partial charge in [0.1, 0.15) is 11.6 Å². The highest BCUT2D eigenvalue weighted by Gasteiger charge is 2.11. The second kappa shape index (κ2) is 4.89. The van der Waals surface area contributed by atoms with Gasteiger partial charge in [-0.1, -0.05) is 30.3 Å².